The maximum atomic E-state index is 12.6. The smallest absolute Gasteiger partial charge is 0.349 e. The van der Waals surface area contributed by atoms with Gasteiger partial charge in [-0.2, -0.15) is 9.78 Å². The molecule has 0 saturated heterocycles. The lowest BCUT2D eigenvalue weighted by Crippen LogP contribution is -2.39. The summed E-state index contributed by atoms with van der Waals surface area (Å²) < 4.78 is 13.0. The van der Waals surface area contributed by atoms with Crippen LogP contribution in [0.3, 0.4) is 0 Å². The molecule has 1 amide bonds. The number of amides is 1. The highest BCUT2D eigenvalue weighted by Gasteiger charge is 2.18. The van der Waals surface area contributed by atoms with Crippen LogP contribution in [0.5, 0.6) is 17.2 Å². The van der Waals surface area contributed by atoms with Crippen molar-refractivity contribution in [1.82, 2.24) is 25.1 Å². The number of nitrogens with zero attached hydrogens (tertiary/aromatic N) is 3. The molecule has 184 valence electrons. The number of hydrogen-bond donors (Lipinski definition) is 2. The summed E-state index contributed by atoms with van der Waals surface area (Å²) in [5.74, 6) is 1.14. The average Bonchev–Trinajstić information content (AvgIpc) is 2.85. The molecule has 10 nitrogen and oxygen atoms in total. The van der Waals surface area contributed by atoms with Crippen molar-refractivity contribution in [1.29, 1.82) is 0 Å². The molecule has 2 aromatic heterocycles. The zero-order valence-corrected chi connectivity index (χ0v) is 21.3. The van der Waals surface area contributed by atoms with Crippen molar-refractivity contribution in [2.45, 2.75) is 20.4 Å². The summed E-state index contributed by atoms with van der Waals surface area (Å²) in [6.07, 6.45) is 1.60. The summed E-state index contributed by atoms with van der Waals surface area (Å²) in [7, 11) is 1.58. The van der Waals surface area contributed by atoms with Crippen LogP contribution in [0.1, 0.15) is 27.3 Å². The van der Waals surface area contributed by atoms with E-state index in [1.54, 1.807) is 61.8 Å². The summed E-state index contributed by atoms with van der Waals surface area (Å²) in [6, 6.07) is 14.0. The summed E-state index contributed by atoms with van der Waals surface area (Å²) in [5, 5.41) is 6.64. The molecule has 4 rings (SSSR count). The molecule has 0 aliphatic rings. The minimum atomic E-state index is -0.881. The van der Waals surface area contributed by atoms with E-state index in [4.69, 9.17) is 9.47 Å². The van der Waals surface area contributed by atoms with Crippen LogP contribution in [0.25, 0.3) is 5.69 Å². The number of pyridine rings is 1. The summed E-state index contributed by atoms with van der Waals surface area (Å²) in [5.41, 5.74) is 0.330. The van der Waals surface area contributed by atoms with E-state index in [9.17, 15) is 14.4 Å². The molecule has 2 heterocycles. The van der Waals surface area contributed by atoms with Crippen molar-refractivity contribution in [3.05, 3.63) is 103 Å². The van der Waals surface area contributed by atoms with Gasteiger partial charge in [-0.1, -0.05) is 6.07 Å². The molecule has 2 N–H and O–H groups in total. The second kappa shape index (κ2) is 10.6. The van der Waals surface area contributed by atoms with Crippen LogP contribution in [0, 0.1) is 13.8 Å². The Balaban J connectivity index is 1.63. The van der Waals surface area contributed by atoms with E-state index in [0.29, 0.717) is 28.6 Å². The van der Waals surface area contributed by atoms with E-state index in [1.165, 1.54) is 0 Å². The van der Waals surface area contributed by atoms with Gasteiger partial charge in [0.05, 0.1) is 29.5 Å². The van der Waals surface area contributed by atoms with Gasteiger partial charge < -0.3 is 14.8 Å². The van der Waals surface area contributed by atoms with E-state index >= 15 is 0 Å². The Kier molecular flexibility index (Phi) is 7.30. The van der Waals surface area contributed by atoms with Crippen molar-refractivity contribution >= 4 is 21.8 Å². The van der Waals surface area contributed by atoms with E-state index in [0.717, 1.165) is 20.3 Å². The molecule has 0 spiro atoms. The van der Waals surface area contributed by atoms with Crippen LogP contribution in [0.15, 0.2) is 68.8 Å². The molecule has 4 aromatic rings. The van der Waals surface area contributed by atoms with Crippen molar-refractivity contribution in [2.75, 3.05) is 7.11 Å². The van der Waals surface area contributed by atoms with Gasteiger partial charge in [0.2, 0.25) is 5.69 Å². The van der Waals surface area contributed by atoms with Gasteiger partial charge in [-0.05, 0) is 83.4 Å². The van der Waals surface area contributed by atoms with Gasteiger partial charge in [-0.3, -0.25) is 19.6 Å². The van der Waals surface area contributed by atoms with Crippen LogP contribution in [0.4, 0.5) is 0 Å². The Morgan fingerprint density at radius 1 is 1.11 bits per heavy atom. The minimum Gasteiger partial charge on any atom is -0.496 e. The fraction of sp³-hybridized carbons (Fsp3) is 0.160. The van der Waals surface area contributed by atoms with Crippen LogP contribution < -0.4 is 26.0 Å². The third-order valence-corrected chi connectivity index (χ3v) is 5.85. The summed E-state index contributed by atoms with van der Waals surface area (Å²) in [4.78, 5) is 43.8. The number of rotatable bonds is 7. The number of aryl methyl sites for hydroxylation is 2. The SMILES string of the molecule is COc1ccc(Oc2c(C)cc(-n3nc(C(=O)NCc4ccccn4)c(=O)[nH]c3=O)cc2C)cc1Br. The lowest BCUT2D eigenvalue weighted by atomic mass is 10.1. The van der Waals surface area contributed by atoms with Gasteiger partial charge in [0.15, 0.2) is 0 Å². The normalized spacial score (nSPS) is 10.7. The minimum absolute atomic E-state index is 0.103. The molecule has 0 atom stereocenters. The van der Waals surface area contributed by atoms with E-state index in [2.05, 4.69) is 36.3 Å². The first-order chi connectivity index (χ1) is 17.3. The predicted molar refractivity (Wildman–Crippen MR) is 136 cm³/mol. The number of aromatic nitrogens is 4. The Morgan fingerprint density at radius 3 is 2.50 bits per heavy atom. The number of ether oxygens (including phenoxy) is 2. The second-order valence-electron chi connectivity index (χ2n) is 7.83. The Hall–Kier alpha value is -4.25. The number of nitrogens with one attached hydrogen (secondary N) is 2. The van der Waals surface area contributed by atoms with Crippen LogP contribution in [-0.4, -0.2) is 32.8 Å². The standard InChI is InChI=1S/C25H22BrN5O5/c1-14-10-17(11-15(2)22(14)36-18-7-8-20(35-3)19(26)12-18)31-25(34)29-24(33)21(30-31)23(32)28-13-16-6-4-5-9-27-16/h4-12H,13H2,1-3H3,(H,28,32)(H,29,33,34). The van der Waals surface area contributed by atoms with Crippen LogP contribution >= 0.6 is 15.9 Å². The number of H-pyrrole nitrogens is 1. The lowest BCUT2D eigenvalue weighted by molar-refractivity contribution is 0.0941. The highest BCUT2D eigenvalue weighted by molar-refractivity contribution is 9.10. The highest BCUT2D eigenvalue weighted by atomic mass is 79.9. The Bertz CT molecular complexity index is 1530. The fourth-order valence-corrected chi connectivity index (χ4v) is 4.04. The molecule has 0 fully saturated rings. The number of benzene rings is 2. The first-order valence-corrected chi connectivity index (χ1v) is 11.6. The van der Waals surface area contributed by atoms with E-state index in [1.807, 2.05) is 13.8 Å². The Morgan fingerprint density at radius 2 is 1.86 bits per heavy atom. The quantitative estimate of drug-likeness (QED) is 0.360. The highest BCUT2D eigenvalue weighted by Crippen LogP contribution is 2.34. The molecular weight excluding hydrogens is 530 g/mol. The summed E-state index contributed by atoms with van der Waals surface area (Å²) in [6.45, 7) is 3.74. The van der Waals surface area contributed by atoms with Gasteiger partial charge in [0.1, 0.15) is 17.2 Å². The maximum absolute atomic E-state index is 12.6. The Labute approximate surface area is 214 Å². The largest absolute Gasteiger partial charge is 0.496 e. The van der Waals surface area contributed by atoms with Gasteiger partial charge >= 0.3 is 5.69 Å². The first kappa shape index (κ1) is 24.9. The first-order valence-electron chi connectivity index (χ1n) is 10.8. The molecule has 0 radical (unpaired) electrons. The van der Waals surface area contributed by atoms with E-state index in [-0.39, 0.29) is 6.54 Å². The zero-order valence-electron chi connectivity index (χ0n) is 19.7. The van der Waals surface area contributed by atoms with Crippen LogP contribution in [0.2, 0.25) is 0 Å². The van der Waals surface area contributed by atoms with Crippen LogP contribution in [-0.2, 0) is 6.54 Å². The van der Waals surface area contributed by atoms with Gasteiger partial charge in [0.25, 0.3) is 11.5 Å². The van der Waals surface area contributed by atoms with Crippen molar-refractivity contribution in [3.63, 3.8) is 0 Å². The van der Waals surface area contributed by atoms with Crippen molar-refractivity contribution < 1.29 is 14.3 Å². The van der Waals surface area contributed by atoms with Gasteiger partial charge in [0, 0.05) is 6.20 Å². The monoisotopic (exact) mass is 551 g/mol. The zero-order chi connectivity index (χ0) is 25.8. The van der Waals surface area contributed by atoms with Crippen molar-refractivity contribution in [3.8, 4) is 22.9 Å². The van der Waals surface area contributed by atoms with Crippen molar-refractivity contribution in [2.24, 2.45) is 0 Å². The molecule has 0 unspecified atom stereocenters. The van der Waals surface area contributed by atoms with Gasteiger partial charge in [-0.15, -0.1) is 0 Å². The molecule has 0 aliphatic heterocycles. The number of hydrogen-bond acceptors (Lipinski definition) is 7. The number of aromatic amines is 1. The molecule has 2 aromatic carbocycles. The van der Waals surface area contributed by atoms with E-state index < -0.39 is 22.9 Å². The molecule has 0 bridgehead atoms. The second-order valence-corrected chi connectivity index (χ2v) is 8.68. The lowest BCUT2D eigenvalue weighted by Gasteiger charge is -2.15. The number of methoxy groups -OCH3 is 1. The maximum Gasteiger partial charge on any atom is 0.349 e. The van der Waals surface area contributed by atoms with Gasteiger partial charge in [-0.25, -0.2) is 4.79 Å². The molecule has 11 heteroatoms. The fourth-order valence-electron chi connectivity index (χ4n) is 3.52. The third-order valence-electron chi connectivity index (χ3n) is 5.23. The predicted octanol–water partition coefficient (Wildman–Crippen LogP) is 3.43. The topological polar surface area (TPSA) is 128 Å². The number of carbonyl (C=O) groups excluding carboxylic acids is 1. The number of halogens is 1. The molecule has 0 aliphatic carbocycles. The molecular formula is C25H22BrN5O5. The third kappa shape index (κ3) is 5.36. The summed E-state index contributed by atoms with van der Waals surface area (Å²) >= 11 is 3.44. The molecule has 0 saturated carbocycles. The number of carbonyl (C=O) groups is 1. The molecule has 36 heavy (non-hydrogen) atoms. The average molecular weight is 552 g/mol.